The molecule has 0 saturated carbocycles. The summed E-state index contributed by atoms with van der Waals surface area (Å²) in [6, 6.07) is 4.48. The fourth-order valence-corrected chi connectivity index (χ4v) is 4.47. The van der Waals surface area contributed by atoms with Crippen LogP contribution in [-0.4, -0.2) is 55.5 Å². The summed E-state index contributed by atoms with van der Waals surface area (Å²) in [4.78, 5) is 2.25. The maximum atomic E-state index is 12.9. The standard InChI is InChI=1S/C20H23F3N6O/c1-12-9-19(2,11-28(3)10-12)25-18-27-26-17(15-6-7-24-29(15)18)14-5-4-13(8-16(14)30)20(21,22)23/h4-8,12,30H,9-11H2,1-3H3,(H,25,27)/t12-,19+/m1/s1. The van der Waals surface area contributed by atoms with Crippen molar-refractivity contribution in [2.45, 2.75) is 32.0 Å². The minimum Gasteiger partial charge on any atom is -0.507 e. The molecule has 1 aromatic carbocycles. The normalized spacial score (nSPS) is 23.1. The second-order valence-corrected chi connectivity index (χ2v) is 8.42. The number of anilines is 1. The minimum atomic E-state index is -4.54. The van der Waals surface area contributed by atoms with E-state index in [1.54, 1.807) is 16.8 Å². The van der Waals surface area contributed by atoms with Gasteiger partial charge in [-0.25, -0.2) is 0 Å². The lowest BCUT2D eigenvalue weighted by atomic mass is 9.85. The van der Waals surface area contributed by atoms with Crippen LogP contribution in [0.5, 0.6) is 5.75 Å². The van der Waals surface area contributed by atoms with Gasteiger partial charge in [0, 0.05) is 18.7 Å². The molecule has 4 rings (SSSR count). The number of rotatable bonds is 3. The fraction of sp³-hybridized carbons (Fsp3) is 0.450. The molecule has 3 heterocycles. The molecule has 0 radical (unpaired) electrons. The highest BCUT2D eigenvalue weighted by Gasteiger charge is 2.34. The van der Waals surface area contributed by atoms with Crippen LogP contribution in [0.15, 0.2) is 30.5 Å². The quantitative estimate of drug-likeness (QED) is 0.673. The average molecular weight is 420 g/mol. The molecule has 0 bridgehead atoms. The predicted molar refractivity (Wildman–Crippen MR) is 106 cm³/mol. The Morgan fingerprint density at radius 3 is 2.67 bits per heavy atom. The van der Waals surface area contributed by atoms with E-state index in [1.807, 2.05) is 0 Å². The lowest BCUT2D eigenvalue weighted by Crippen LogP contribution is -2.52. The number of phenolic OH excluding ortho intramolecular Hbond substituents is 1. The van der Waals surface area contributed by atoms with E-state index in [-0.39, 0.29) is 16.8 Å². The maximum absolute atomic E-state index is 12.9. The topological polar surface area (TPSA) is 78.6 Å². The monoisotopic (exact) mass is 420 g/mol. The third-order valence-corrected chi connectivity index (χ3v) is 5.37. The van der Waals surface area contributed by atoms with E-state index in [4.69, 9.17) is 0 Å². The molecule has 1 aliphatic heterocycles. The van der Waals surface area contributed by atoms with E-state index in [0.717, 1.165) is 25.6 Å². The lowest BCUT2D eigenvalue weighted by molar-refractivity contribution is -0.137. The van der Waals surface area contributed by atoms with Gasteiger partial charge < -0.3 is 15.3 Å². The molecule has 2 atom stereocenters. The SMILES string of the molecule is C[C@H]1CN(C)C[C@@](C)(Nc2nnc(-c3ccc(C(F)(F)F)cc3O)c3ccnn23)C1. The van der Waals surface area contributed by atoms with Crippen LogP contribution in [0.25, 0.3) is 16.8 Å². The number of nitrogens with zero attached hydrogens (tertiary/aromatic N) is 5. The van der Waals surface area contributed by atoms with E-state index in [2.05, 4.69) is 46.4 Å². The first kappa shape index (κ1) is 20.4. The largest absolute Gasteiger partial charge is 0.507 e. The van der Waals surface area contributed by atoms with Crippen LogP contribution < -0.4 is 5.32 Å². The van der Waals surface area contributed by atoms with Gasteiger partial charge in [0.15, 0.2) is 0 Å². The molecule has 0 spiro atoms. The van der Waals surface area contributed by atoms with Crippen LogP contribution in [0.3, 0.4) is 0 Å². The fourth-order valence-electron chi connectivity index (χ4n) is 4.47. The predicted octanol–water partition coefficient (Wildman–Crippen LogP) is 3.66. The molecule has 160 valence electrons. The summed E-state index contributed by atoms with van der Waals surface area (Å²) < 4.78 is 40.3. The Bertz CT molecular complexity index is 1070. The number of aromatic hydroxyl groups is 1. The van der Waals surface area contributed by atoms with Crippen LogP contribution in [0.4, 0.5) is 19.1 Å². The number of hydrogen-bond donors (Lipinski definition) is 2. The molecule has 2 N–H and O–H groups in total. The van der Waals surface area contributed by atoms with Gasteiger partial charge >= 0.3 is 6.18 Å². The molecule has 1 fully saturated rings. The average Bonchev–Trinajstić information content (AvgIpc) is 3.10. The number of nitrogens with one attached hydrogen (secondary N) is 1. The third kappa shape index (κ3) is 3.79. The van der Waals surface area contributed by atoms with Crippen molar-refractivity contribution in [1.29, 1.82) is 0 Å². The number of fused-ring (bicyclic) bond motifs is 1. The van der Waals surface area contributed by atoms with E-state index in [1.165, 1.54) is 6.07 Å². The summed E-state index contributed by atoms with van der Waals surface area (Å²) in [7, 11) is 2.07. The summed E-state index contributed by atoms with van der Waals surface area (Å²) in [5.74, 6) is 0.429. The Morgan fingerprint density at radius 2 is 2.00 bits per heavy atom. The number of likely N-dealkylation sites (N-methyl/N-ethyl adjacent to an activating group) is 1. The molecule has 7 nitrogen and oxygen atoms in total. The summed E-state index contributed by atoms with van der Waals surface area (Å²) in [6.45, 7) is 6.16. The zero-order chi connectivity index (χ0) is 21.7. The highest BCUT2D eigenvalue weighted by Crippen LogP contribution is 2.37. The third-order valence-electron chi connectivity index (χ3n) is 5.37. The van der Waals surface area contributed by atoms with Crippen LogP contribution in [0, 0.1) is 5.92 Å². The Morgan fingerprint density at radius 1 is 1.23 bits per heavy atom. The molecule has 1 saturated heterocycles. The van der Waals surface area contributed by atoms with Crippen LogP contribution in [0.2, 0.25) is 0 Å². The van der Waals surface area contributed by atoms with Crippen molar-refractivity contribution in [3.8, 4) is 17.0 Å². The molecule has 0 aliphatic carbocycles. The van der Waals surface area contributed by atoms with E-state index < -0.39 is 17.5 Å². The highest BCUT2D eigenvalue weighted by atomic mass is 19.4. The number of likely N-dealkylation sites (tertiary alicyclic amines) is 1. The Balaban J connectivity index is 1.72. The molecular weight excluding hydrogens is 397 g/mol. The van der Waals surface area contributed by atoms with Gasteiger partial charge in [-0.1, -0.05) is 6.92 Å². The summed E-state index contributed by atoms with van der Waals surface area (Å²) in [5.41, 5.74) is -0.224. The molecule has 1 aliphatic rings. The zero-order valence-corrected chi connectivity index (χ0v) is 16.9. The molecule has 0 unspecified atom stereocenters. The molecular formula is C20H23F3N6O. The number of alkyl halides is 3. The van der Waals surface area contributed by atoms with Crippen molar-refractivity contribution in [3.63, 3.8) is 0 Å². The second kappa shape index (κ2) is 7.12. The van der Waals surface area contributed by atoms with Crippen LogP contribution in [0.1, 0.15) is 25.8 Å². The first-order valence-electron chi connectivity index (χ1n) is 9.63. The number of aromatic nitrogens is 4. The number of benzene rings is 1. The Hall–Kier alpha value is -2.88. The zero-order valence-electron chi connectivity index (χ0n) is 16.9. The molecule has 3 aromatic rings. The Kier molecular flexibility index (Phi) is 4.84. The van der Waals surface area contributed by atoms with Crippen molar-refractivity contribution in [2.75, 3.05) is 25.5 Å². The maximum Gasteiger partial charge on any atom is 0.416 e. The number of hydrogen-bond acceptors (Lipinski definition) is 6. The lowest BCUT2D eigenvalue weighted by Gasteiger charge is -2.42. The van der Waals surface area contributed by atoms with Gasteiger partial charge in [0.05, 0.1) is 22.8 Å². The molecule has 30 heavy (non-hydrogen) atoms. The first-order valence-corrected chi connectivity index (χ1v) is 9.63. The first-order chi connectivity index (χ1) is 14.1. The van der Waals surface area contributed by atoms with Gasteiger partial charge in [-0.15, -0.1) is 10.2 Å². The molecule has 2 aromatic heterocycles. The van der Waals surface area contributed by atoms with Gasteiger partial charge in [0.1, 0.15) is 11.4 Å². The Labute approximate surface area is 171 Å². The van der Waals surface area contributed by atoms with Crippen molar-refractivity contribution in [2.24, 2.45) is 5.92 Å². The number of piperidine rings is 1. The van der Waals surface area contributed by atoms with Crippen LogP contribution in [-0.2, 0) is 6.18 Å². The van der Waals surface area contributed by atoms with Gasteiger partial charge in [-0.3, -0.25) is 0 Å². The summed E-state index contributed by atoms with van der Waals surface area (Å²) in [5, 5.41) is 26.4. The summed E-state index contributed by atoms with van der Waals surface area (Å²) >= 11 is 0. The van der Waals surface area contributed by atoms with Gasteiger partial charge in [-0.05, 0) is 50.6 Å². The van der Waals surface area contributed by atoms with Crippen LogP contribution >= 0.6 is 0 Å². The van der Waals surface area contributed by atoms with Crippen molar-refractivity contribution in [1.82, 2.24) is 24.7 Å². The molecule has 10 heteroatoms. The van der Waals surface area contributed by atoms with Gasteiger partial charge in [-0.2, -0.15) is 22.8 Å². The molecule has 0 amide bonds. The van der Waals surface area contributed by atoms with Gasteiger partial charge in [0.25, 0.3) is 0 Å². The van der Waals surface area contributed by atoms with Crippen molar-refractivity contribution in [3.05, 3.63) is 36.0 Å². The second-order valence-electron chi connectivity index (χ2n) is 8.42. The highest BCUT2D eigenvalue weighted by molar-refractivity contribution is 5.80. The van der Waals surface area contributed by atoms with E-state index >= 15 is 0 Å². The number of phenols is 1. The summed E-state index contributed by atoms with van der Waals surface area (Å²) in [6.07, 6.45) is -2.03. The smallest absolute Gasteiger partial charge is 0.416 e. The van der Waals surface area contributed by atoms with Gasteiger partial charge in [0.2, 0.25) is 5.95 Å². The van der Waals surface area contributed by atoms with E-state index in [0.29, 0.717) is 23.4 Å². The number of halogens is 3. The van der Waals surface area contributed by atoms with Crippen molar-refractivity contribution < 1.29 is 18.3 Å². The minimum absolute atomic E-state index is 0.157. The van der Waals surface area contributed by atoms with Crippen molar-refractivity contribution >= 4 is 11.5 Å². The van der Waals surface area contributed by atoms with E-state index in [9.17, 15) is 18.3 Å².